The molecular formula is C10H18O5. The Labute approximate surface area is 89.3 Å². The maximum atomic E-state index is 9.69. The molecule has 5 nitrogen and oxygen atoms in total. The van der Waals surface area contributed by atoms with Gasteiger partial charge in [0.1, 0.15) is 6.10 Å². The molecule has 1 N–H and O–H groups in total. The van der Waals surface area contributed by atoms with E-state index in [2.05, 4.69) is 0 Å². The topological polar surface area (TPSA) is 57.2 Å². The molecule has 5 heteroatoms. The molecule has 0 aromatic rings. The Morgan fingerprint density at radius 2 is 1.60 bits per heavy atom. The average Bonchev–Trinajstić information content (AvgIpc) is 2.90. The second kappa shape index (κ2) is 5.77. The first-order valence-corrected chi connectivity index (χ1v) is 5.51. The molecule has 1 unspecified atom stereocenters. The summed E-state index contributed by atoms with van der Waals surface area (Å²) >= 11 is 0. The smallest absolute Gasteiger partial charge is 0.183 e. The summed E-state index contributed by atoms with van der Waals surface area (Å²) in [5.74, 6) is 0. The number of ether oxygens (including phenoxy) is 4. The van der Waals surface area contributed by atoms with Crippen LogP contribution in [0.4, 0.5) is 0 Å². The molecule has 0 aliphatic carbocycles. The number of aliphatic hydroxyl groups excluding tert-OH is 1. The van der Waals surface area contributed by atoms with E-state index in [1.54, 1.807) is 0 Å². The van der Waals surface area contributed by atoms with E-state index >= 15 is 0 Å². The molecule has 2 heterocycles. The second-order valence-corrected chi connectivity index (χ2v) is 3.78. The largest absolute Gasteiger partial charge is 0.388 e. The fourth-order valence-electron chi connectivity index (χ4n) is 1.80. The Hall–Kier alpha value is -0.200. The summed E-state index contributed by atoms with van der Waals surface area (Å²) in [6.07, 6.45) is 1.29. The lowest BCUT2D eigenvalue weighted by Gasteiger charge is -2.17. The zero-order chi connectivity index (χ0) is 10.5. The highest BCUT2D eigenvalue weighted by atomic mass is 16.7. The molecule has 2 rings (SSSR count). The highest BCUT2D eigenvalue weighted by Crippen LogP contribution is 2.16. The van der Waals surface area contributed by atoms with Gasteiger partial charge in [-0.25, -0.2) is 0 Å². The van der Waals surface area contributed by atoms with Gasteiger partial charge in [0.2, 0.25) is 0 Å². The standard InChI is InChI=1S/C10H18O5/c11-8(10-14-6-7-15-10)2-1-3-9-12-4-5-13-9/h8-11H,1-7H2. The third-order valence-electron chi connectivity index (χ3n) is 2.59. The van der Waals surface area contributed by atoms with Crippen LogP contribution in [0.3, 0.4) is 0 Å². The molecule has 88 valence electrons. The minimum Gasteiger partial charge on any atom is -0.388 e. The minimum atomic E-state index is -0.533. The van der Waals surface area contributed by atoms with Crippen LogP contribution in [-0.2, 0) is 18.9 Å². The first-order chi connectivity index (χ1) is 7.36. The maximum absolute atomic E-state index is 9.69. The van der Waals surface area contributed by atoms with Crippen molar-refractivity contribution in [3.8, 4) is 0 Å². The molecule has 0 radical (unpaired) electrons. The van der Waals surface area contributed by atoms with E-state index in [1.165, 1.54) is 0 Å². The van der Waals surface area contributed by atoms with E-state index in [0.717, 1.165) is 12.8 Å². The first-order valence-electron chi connectivity index (χ1n) is 5.51. The molecule has 1 atom stereocenters. The van der Waals surface area contributed by atoms with Crippen molar-refractivity contribution in [2.24, 2.45) is 0 Å². The van der Waals surface area contributed by atoms with E-state index in [9.17, 15) is 5.11 Å². The van der Waals surface area contributed by atoms with Gasteiger partial charge in [0.05, 0.1) is 26.4 Å². The van der Waals surface area contributed by atoms with Crippen LogP contribution in [0.2, 0.25) is 0 Å². The normalized spacial score (nSPS) is 26.2. The third kappa shape index (κ3) is 3.39. The van der Waals surface area contributed by atoms with Crippen LogP contribution in [-0.4, -0.2) is 50.2 Å². The van der Waals surface area contributed by atoms with Gasteiger partial charge in [-0.2, -0.15) is 0 Å². The van der Waals surface area contributed by atoms with Crippen molar-refractivity contribution in [3.63, 3.8) is 0 Å². The van der Waals surface area contributed by atoms with Crippen LogP contribution in [0, 0.1) is 0 Å². The van der Waals surface area contributed by atoms with Crippen molar-refractivity contribution < 1.29 is 24.1 Å². The predicted octanol–water partition coefficient (Wildman–Crippen LogP) is 0.263. The van der Waals surface area contributed by atoms with Crippen molar-refractivity contribution >= 4 is 0 Å². The van der Waals surface area contributed by atoms with E-state index in [4.69, 9.17) is 18.9 Å². The molecule has 2 fully saturated rings. The minimum absolute atomic E-state index is 0.0809. The van der Waals surface area contributed by atoms with E-state index < -0.39 is 12.4 Å². The fourth-order valence-corrected chi connectivity index (χ4v) is 1.80. The van der Waals surface area contributed by atoms with Gasteiger partial charge in [-0.05, 0) is 19.3 Å². The Bertz CT molecular complexity index is 175. The number of hydrogen-bond donors (Lipinski definition) is 1. The van der Waals surface area contributed by atoms with Gasteiger partial charge in [-0.1, -0.05) is 0 Å². The quantitative estimate of drug-likeness (QED) is 0.717. The summed E-state index contributed by atoms with van der Waals surface area (Å²) in [5.41, 5.74) is 0. The van der Waals surface area contributed by atoms with Crippen LogP contribution in [0.5, 0.6) is 0 Å². The molecule has 0 bridgehead atoms. The Balaban J connectivity index is 1.56. The molecule has 0 aromatic heterocycles. The predicted molar refractivity (Wildman–Crippen MR) is 51.2 cm³/mol. The average molecular weight is 218 g/mol. The Morgan fingerprint density at radius 1 is 1.00 bits per heavy atom. The molecule has 0 aromatic carbocycles. The molecule has 2 aliphatic rings. The molecule has 15 heavy (non-hydrogen) atoms. The summed E-state index contributed by atoms with van der Waals surface area (Å²) < 4.78 is 21.0. The molecule has 2 saturated heterocycles. The Morgan fingerprint density at radius 3 is 2.27 bits per heavy atom. The lowest BCUT2D eigenvalue weighted by atomic mass is 10.1. The van der Waals surface area contributed by atoms with Gasteiger partial charge >= 0.3 is 0 Å². The zero-order valence-electron chi connectivity index (χ0n) is 8.76. The zero-order valence-corrected chi connectivity index (χ0v) is 8.76. The van der Waals surface area contributed by atoms with Gasteiger partial charge in [-0.15, -0.1) is 0 Å². The summed E-state index contributed by atoms with van der Waals surface area (Å²) in [5, 5.41) is 9.69. The van der Waals surface area contributed by atoms with Crippen molar-refractivity contribution in [2.75, 3.05) is 26.4 Å². The van der Waals surface area contributed by atoms with Crippen molar-refractivity contribution in [2.45, 2.75) is 37.9 Å². The highest BCUT2D eigenvalue weighted by Gasteiger charge is 2.25. The van der Waals surface area contributed by atoms with Crippen LogP contribution in [0.15, 0.2) is 0 Å². The molecule has 0 spiro atoms. The molecule has 0 saturated carbocycles. The lowest BCUT2D eigenvalue weighted by molar-refractivity contribution is -0.124. The summed E-state index contributed by atoms with van der Waals surface area (Å²) in [4.78, 5) is 0. The third-order valence-corrected chi connectivity index (χ3v) is 2.59. The number of rotatable bonds is 5. The summed E-state index contributed by atoms with van der Waals surface area (Å²) in [6.45, 7) is 2.53. The highest BCUT2D eigenvalue weighted by molar-refractivity contribution is 4.65. The molecule has 2 aliphatic heterocycles. The van der Waals surface area contributed by atoms with Gasteiger partial charge < -0.3 is 24.1 Å². The van der Waals surface area contributed by atoms with Gasteiger partial charge in [-0.3, -0.25) is 0 Å². The number of aliphatic hydroxyl groups is 1. The van der Waals surface area contributed by atoms with Crippen molar-refractivity contribution in [1.82, 2.24) is 0 Å². The van der Waals surface area contributed by atoms with E-state index in [-0.39, 0.29) is 6.29 Å². The fraction of sp³-hybridized carbons (Fsp3) is 1.00. The van der Waals surface area contributed by atoms with Crippen LogP contribution in [0.25, 0.3) is 0 Å². The van der Waals surface area contributed by atoms with Crippen molar-refractivity contribution in [3.05, 3.63) is 0 Å². The first kappa shape index (κ1) is 11.3. The lowest BCUT2D eigenvalue weighted by Crippen LogP contribution is -2.27. The van der Waals surface area contributed by atoms with Gasteiger partial charge in [0.15, 0.2) is 12.6 Å². The van der Waals surface area contributed by atoms with Gasteiger partial charge in [0, 0.05) is 0 Å². The van der Waals surface area contributed by atoms with E-state index in [0.29, 0.717) is 32.8 Å². The van der Waals surface area contributed by atoms with Crippen LogP contribution in [0.1, 0.15) is 19.3 Å². The number of hydrogen-bond acceptors (Lipinski definition) is 5. The van der Waals surface area contributed by atoms with E-state index in [1.807, 2.05) is 0 Å². The molecular weight excluding hydrogens is 200 g/mol. The van der Waals surface area contributed by atoms with Crippen LogP contribution < -0.4 is 0 Å². The summed E-state index contributed by atoms with van der Waals surface area (Å²) in [7, 11) is 0. The van der Waals surface area contributed by atoms with Crippen LogP contribution >= 0.6 is 0 Å². The summed E-state index contributed by atoms with van der Waals surface area (Å²) in [6, 6.07) is 0. The monoisotopic (exact) mass is 218 g/mol. The SMILES string of the molecule is OC(CCCC1OCCO1)C1OCCO1. The molecule has 0 amide bonds. The second-order valence-electron chi connectivity index (χ2n) is 3.78. The Kier molecular flexibility index (Phi) is 4.34. The van der Waals surface area contributed by atoms with Crippen molar-refractivity contribution in [1.29, 1.82) is 0 Å². The van der Waals surface area contributed by atoms with Gasteiger partial charge in [0.25, 0.3) is 0 Å². The maximum Gasteiger partial charge on any atom is 0.183 e.